The maximum absolute atomic E-state index is 8.80. The summed E-state index contributed by atoms with van der Waals surface area (Å²) in [5, 5.41) is 10.3. The molecule has 5 heteroatoms. The smallest absolute Gasteiger partial charge is 0.239 e. The Morgan fingerprint density at radius 3 is 2.86 bits per heavy atom. The van der Waals surface area contributed by atoms with Gasteiger partial charge in [0.05, 0.1) is 6.61 Å². The second kappa shape index (κ2) is 4.53. The van der Waals surface area contributed by atoms with Crippen LogP contribution in [0.1, 0.15) is 19.4 Å². The molecule has 0 amide bonds. The molecule has 0 radical (unpaired) electrons. The fourth-order valence-electron chi connectivity index (χ4n) is 1.11. The molecule has 0 aliphatic rings. The molecule has 0 aliphatic heterocycles. The van der Waals surface area contributed by atoms with Gasteiger partial charge in [-0.2, -0.15) is 5.26 Å². The van der Waals surface area contributed by atoms with E-state index in [1.807, 2.05) is 19.9 Å². The molecule has 1 aromatic rings. The van der Waals surface area contributed by atoms with E-state index in [1.165, 1.54) is 11.1 Å². The Balaban J connectivity index is 2.97. The SMILES string of the molecule is CCON(CC)c1oc(N)cc1C#N. The lowest BCUT2D eigenvalue weighted by atomic mass is 10.3. The molecule has 0 saturated heterocycles. The van der Waals surface area contributed by atoms with Crippen LogP contribution in [-0.2, 0) is 4.84 Å². The normalized spacial score (nSPS) is 9.79. The molecule has 76 valence electrons. The Bertz CT molecular complexity index is 340. The van der Waals surface area contributed by atoms with Crippen LogP contribution in [0.2, 0.25) is 0 Å². The summed E-state index contributed by atoms with van der Waals surface area (Å²) in [6.45, 7) is 4.87. The number of nitriles is 1. The van der Waals surface area contributed by atoms with E-state index in [0.717, 1.165) is 0 Å². The Kier molecular flexibility index (Phi) is 3.37. The van der Waals surface area contributed by atoms with Gasteiger partial charge in [-0.1, -0.05) is 0 Å². The molecular formula is C9H13N3O2. The van der Waals surface area contributed by atoms with Crippen molar-refractivity contribution in [2.45, 2.75) is 13.8 Å². The molecule has 0 bridgehead atoms. The number of anilines is 2. The van der Waals surface area contributed by atoms with Gasteiger partial charge in [0, 0.05) is 12.6 Å². The standard InChI is InChI=1S/C9H13N3O2/c1-3-12(13-4-2)9-7(6-10)5-8(11)14-9/h5H,3-4,11H2,1-2H3. The zero-order valence-corrected chi connectivity index (χ0v) is 8.28. The first-order valence-electron chi connectivity index (χ1n) is 4.42. The van der Waals surface area contributed by atoms with Crippen molar-refractivity contribution in [1.29, 1.82) is 5.26 Å². The van der Waals surface area contributed by atoms with E-state index in [4.69, 9.17) is 20.3 Å². The third-order valence-electron chi connectivity index (χ3n) is 1.65. The Morgan fingerprint density at radius 1 is 1.64 bits per heavy atom. The highest BCUT2D eigenvalue weighted by Crippen LogP contribution is 2.25. The number of nitrogen functional groups attached to an aromatic ring is 1. The van der Waals surface area contributed by atoms with Gasteiger partial charge >= 0.3 is 0 Å². The topological polar surface area (TPSA) is 75.4 Å². The quantitative estimate of drug-likeness (QED) is 0.737. The van der Waals surface area contributed by atoms with Crippen LogP contribution >= 0.6 is 0 Å². The van der Waals surface area contributed by atoms with Crippen molar-refractivity contribution >= 4 is 11.8 Å². The summed E-state index contributed by atoms with van der Waals surface area (Å²) in [7, 11) is 0. The summed E-state index contributed by atoms with van der Waals surface area (Å²) in [5.74, 6) is 0.587. The minimum absolute atomic E-state index is 0.217. The number of rotatable bonds is 4. The summed E-state index contributed by atoms with van der Waals surface area (Å²) in [4.78, 5) is 5.27. The molecule has 0 unspecified atom stereocenters. The second-order valence-electron chi connectivity index (χ2n) is 2.59. The molecule has 0 fully saturated rings. The molecule has 0 aliphatic carbocycles. The van der Waals surface area contributed by atoms with E-state index in [-0.39, 0.29) is 5.88 Å². The maximum atomic E-state index is 8.80. The molecule has 5 nitrogen and oxygen atoms in total. The van der Waals surface area contributed by atoms with Gasteiger partial charge in [0.2, 0.25) is 5.88 Å². The molecule has 2 N–H and O–H groups in total. The molecule has 0 aromatic carbocycles. The van der Waals surface area contributed by atoms with Crippen molar-refractivity contribution in [3.05, 3.63) is 11.6 Å². The first-order valence-corrected chi connectivity index (χ1v) is 4.42. The molecule has 0 spiro atoms. The Morgan fingerprint density at radius 2 is 2.36 bits per heavy atom. The van der Waals surface area contributed by atoms with Gasteiger partial charge in [0.1, 0.15) is 11.6 Å². The number of hydrogen-bond acceptors (Lipinski definition) is 5. The summed E-state index contributed by atoms with van der Waals surface area (Å²) < 4.78 is 5.17. The highest BCUT2D eigenvalue weighted by Gasteiger charge is 2.15. The number of nitrogens with two attached hydrogens (primary N) is 1. The van der Waals surface area contributed by atoms with Crippen LogP contribution in [0.5, 0.6) is 0 Å². The van der Waals surface area contributed by atoms with Crippen LogP contribution in [0.4, 0.5) is 11.8 Å². The lowest BCUT2D eigenvalue weighted by Gasteiger charge is -2.18. The number of nitrogens with zero attached hydrogens (tertiary/aromatic N) is 2. The number of hydrogen-bond donors (Lipinski definition) is 1. The lowest BCUT2D eigenvalue weighted by molar-refractivity contribution is 0.113. The van der Waals surface area contributed by atoms with Crippen molar-refractivity contribution < 1.29 is 9.25 Å². The van der Waals surface area contributed by atoms with Gasteiger partial charge in [-0.25, -0.2) is 5.06 Å². The Hall–Kier alpha value is -1.67. The van der Waals surface area contributed by atoms with Gasteiger partial charge in [-0.15, -0.1) is 0 Å². The van der Waals surface area contributed by atoms with Crippen molar-refractivity contribution in [1.82, 2.24) is 0 Å². The predicted molar refractivity (Wildman–Crippen MR) is 52.5 cm³/mol. The zero-order valence-electron chi connectivity index (χ0n) is 8.28. The van der Waals surface area contributed by atoms with Crippen LogP contribution in [-0.4, -0.2) is 13.2 Å². The van der Waals surface area contributed by atoms with Crippen molar-refractivity contribution in [3.8, 4) is 6.07 Å². The van der Waals surface area contributed by atoms with E-state index in [2.05, 4.69) is 0 Å². The fourth-order valence-corrected chi connectivity index (χ4v) is 1.11. The summed E-state index contributed by atoms with van der Waals surface area (Å²) in [6, 6.07) is 3.48. The molecule has 14 heavy (non-hydrogen) atoms. The van der Waals surface area contributed by atoms with E-state index in [0.29, 0.717) is 24.6 Å². The molecule has 1 rings (SSSR count). The van der Waals surface area contributed by atoms with E-state index >= 15 is 0 Å². The third-order valence-corrected chi connectivity index (χ3v) is 1.65. The minimum Gasteiger partial charge on any atom is -0.422 e. The van der Waals surface area contributed by atoms with Gasteiger partial charge in [0.15, 0.2) is 5.88 Å². The first-order chi connectivity index (χ1) is 6.72. The Labute approximate surface area is 82.6 Å². The molecule has 0 saturated carbocycles. The largest absolute Gasteiger partial charge is 0.422 e. The summed E-state index contributed by atoms with van der Waals surface area (Å²) in [6.07, 6.45) is 0. The average Bonchev–Trinajstić information content (AvgIpc) is 2.55. The minimum atomic E-state index is 0.217. The fraction of sp³-hybridized carbons (Fsp3) is 0.444. The van der Waals surface area contributed by atoms with Crippen LogP contribution in [0.15, 0.2) is 10.5 Å². The lowest BCUT2D eigenvalue weighted by Crippen LogP contribution is -2.23. The van der Waals surface area contributed by atoms with E-state index in [9.17, 15) is 0 Å². The first kappa shape index (κ1) is 10.4. The van der Waals surface area contributed by atoms with Crippen LogP contribution in [0.25, 0.3) is 0 Å². The zero-order chi connectivity index (χ0) is 10.6. The molecular weight excluding hydrogens is 182 g/mol. The average molecular weight is 195 g/mol. The van der Waals surface area contributed by atoms with Gasteiger partial charge in [-0.3, -0.25) is 4.84 Å². The van der Waals surface area contributed by atoms with Crippen molar-refractivity contribution in [2.75, 3.05) is 23.9 Å². The molecule has 1 heterocycles. The van der Waals surface area contributed by atoms with Crippen LogP contribution in [0.3, 0.4) is 0 Å². The predicted octanol–water partition coefficient (Wildman–Crippen LogP) is 1.51. The number of furan rings is 1. The highest BCUT2D eigenvalue weighted by atomic mass is 16.7. The van der Waals surface area contributed by atoms with Crippen molar-refractivity contribution in [2.24, 2.45) is 0 Å². The second-order valence-corrected chi connectivity index (χ2v) is 2.59. The van der Waals surface area contributed by atoms with E-state index in [1.54, 1.807) is 0 Å². The molecule has 0 atom stereocenters. The maximum Gasteiger partial charge on any atom is 0.239 e. The van der Waals surface area contributed by atoms with Gasteiger partial charge < -0.3 is 10.2 Å². The summed E-state index contributed by atoms with van der Waals surface area (Å²) in [5.41, 5.74) is 5.83. The van der Waals surface area contributed by atoms with Gasteiger partial charge in [-0.05, 0) is 13.8 Å². The summed E-state index contributed by atoms with van der Waals surface area (Å²) >= 11 is 0. The van der Waals surface area contributed by atoms with Crippen LogP contribution < -0.4 is 10.8 Å². The third kappa shape index (κ3) is 1.98. The number of hydroxylamine groups is 1. The molecule has 1 aromatic heterocycles. The monoisotopic (exact) mass is 195 g/mol. The van der Waals surface area contributed by atoms with E-state index < -0.39 is 0 Å². The van der Waals surface area contributed by atoms with Crippen molar-refractivity contribution in [3.63, 3.8) is 0 Å². The van der Waals surface area contributed by atoms with Crippen LogP contribution in [0, 0.1) is 11.3 Å². The van der Waals surface area contributed by atoms with Gasteiger partial charge in [0.25, 0.3) is 0 Å². The highest BCUT2D eigenvalue weighted by molar-refractivity contribution is 5.55.